The number of nitrogens with zero attached hydrogens (tertiary/aromatic N) is 3. The number of carbonyl (C=O) groups is 1. The van der Waals surface area contributed by atoms with Gasteiger partial charge in [0.15, 0.2) is 0 Å². The Morgan fingerprint density at radius 3 is 3.04 bits per heavy atom. The highest BCUT2D eigenvalue weighted by molar-refractivity contribution is 7.08. The fraction of sp³-hybridized carbons (Fsp3) is 0.474. The standard InChI is InChI=1S/C19H23N3O3S/c1-15-3-2-4-16(20-15)9-21-6-7-24-14-19(12-21)13-22(18(23)10-25-19)17-5-8-26-11-17/h2-5,8,11H,6-7,9-10,12-14H2,1H3. The average Bonchev–Trinajstić information content (AvgIpc) is 3.08. The second-order valence-corrected chi connectivity index (χ2v) is 7.75. The third kappa shape index (κ3) is 3.81. The van der Waals surface area contributed by atoms with Gasteiger partial charge in [0.05, 0.1) is 31.1 Å². The largest absolute Gasteiger partial charge is 0.377 e. The van der Waals surface area contributed by atoms with Crippen LogP contribution in [0.5, 0.6) is 0 Å². The summed E-state index contributed by atoms with van der Waals surface area (Å²) in [7, 11) is 0. The number of pyridine rings is 1. The Hall–Kier alpha value is -1.80. The lowest BCUT2D eigenvalue weighted by atomic mass is 10.0. The van der Waals surface area contributed by atoms with Gasteiger partial charge in [-0.25, -0.2) is 0 Å². The smallest absolute Gasteiger partial charge is 0.253 e. The molecule has 2 aromatic heterocycles. The molecular weight excluding hydrogens is 350 g/mol. The number of aromatic nitrogens is 1. The van der Waals surface area contributed by atoms with Gasteiger partial charge in [-0.2, -0.15) is 11.3 Å². The third-order valence-corrected chi connectivity index (χ3v) is 5.50. The molecule has 2 saturated heterocycles. The quantitative estimate of drug-likeness (QED) is 0.825. The third-order valence-electron chi connectivity index (χ3n) is 4.83. The van der Waals surface area contributed by atoms with E-state index in [9.17, 15) is 4.79 Å². The first kappa shape index (κ1) is 17.6. The van der Waals surface area contributed by atoms with Crippen LogP contribution in [0.2, 0.25) is 0 Å². The molecule has 0 aliphatic carbocycles. The van der Waals surface area contributed by atoms with Gasteiger partial charge >= 0.3 is 0 Å². The molecule has 6 nitrogen and oxygen atoms in total. The monoisotopic (exact) mass is 373 g/mol. The van der Waals surface area contributed by atoms with Crippen molar-refractivity contribution in [1.29, 1.82) is 0 Å². The second kappa shape index (κ2) is 7.44. The van der Waals surface area contributed by atoms with Gasteiger partial charge in [-0.1, -0.05) is 6.07 Å². The first-order chi connectivity index (χ1) is 12.6. The SMILES string of the molecule is Cc1cccc(CN2CCOCC3(C2)CN(c2ccsc2)C(=O)CO3)n1. The van der Waals surface area contributed by atoms with Crippen molar-refractivity contribution in [2.24, 2.45) is 0 Å². The zero-order valence-electron chi connectivity index (χ0n) is 14.9. The molecular formula is C19H23N3O3S. The van der Waals surface area contributed by atoms with Gasteiger partial charge in [0, 0.05) is 30.7 Å². The van der Waals surface area contributed by atoms with Gasteiger partial charge in [0.1, 0.15) is 12.2 Å². The normalized spacial score (nSPS) is 24.8. The molecule has 2 fully saturated rings. The molecule has 2 aliphatic heterocycles. The zero-order chi connectivity index (χ0) is 18.0. The van der Waals surface area contributed by atoms with Crippen molar-refractivity contribution in [2.45, 2.75) is 19.1 Å². The molecule has 4 heterocycles. The molecule has 0 bridgehead atoms. The molecule has 7 heteroatoms. The highest BCUT2D eigenvalue weighted by Crippen LogP contribution is 2.28. The minimum Gasteiger partial charge on any atom is -0.377 e. The van der Waals surface area contributed by atoms with Crippen LogP contribution in [0.3, 0.4) is 0 Å². The van der Waals surface area contributed by atoms with Crippen LogP contribution in [0.15, 0.2) is 35.0 Å². The van der Waals surface area contributed by atoms with Crippen LogP contribution >= 0.6 is 11.3 Å². The van der Waals surface area contributed by atoms with Crippen molar-refractivity contribution >= 4 is 22.9 Å². The van der Waals surface area contributed by atoms with E-state index in [-0.39, 0.29) is 12.5 Å². The summed E-state index contributed by atoms with van der Waals surface area (Å²) < 4.78 is 11.9. The molecule has 1 unspecified atom stereocenters. The van der Waals surface area contributed by atoms with Gasteiger partial charge < -0.3 is 14.4 Å². The Kier molecular flexibility index (Phi) is 5.04. The summed E-state index contributed by atoms with van der Waals surface area (Å²) in [4.78, 5) is 21.1. The van der Waals surface area contributed by atoms with Crippen molar-refractivity contribution in [1.82, 2.24) is 9.88 Å². The van der Waals surface area contributed by atoms with Crippen LogP contribution in [0.1, 0.15) is 11.4 Å². The average molecular weight is 373 g/mol. The molecule has 0 saturated carbocycles. The maximum absolute atomic E-state index is 12.4. The number of amides is 1. The summed E-state index contributed by atoms with van der Waals surface area (Å²) in [6.07, 6.45) is 0. The number of morpholine rings is 1. The molecule has 26 heavy (non-hydrogen) atoms. The van der Waals surface area contributed by atoms with Gasteiger partial charge in [-0.05, 0) is 30.5 Å². The lowest BCUT2D eigenvalue weighted by molar-refractivity contribution is -0.146. The molecule has 1 amide bonds. The van der Waals surface area contributed by atoms with E-state index in [1.54, 1.807) is 11.3 Å². The van der Waals surface area contributed by atoms with Crippen molar-refractivity contribution in [2.75, 3.05) is 44.4 Å². The summed E-state index contributed by atoms with van der Waals surface area (Å²) in [5, 5.41) is 3.99. The van der Waals surface area contributed by atoms with Gasteiger partial charge in [-0.15, -0.1) is 0 Å². The van der Waals surface area contributed by atoms with Crippen LogP contribution in [-0.2, 0) is 20.8 Å². The minimum atomic E-state index is -0.504. The molecule has 1 spiro atoms. The summed E-state index contributed by atoms with van der Waals surface area (Å²) >= 11 is 1.59. The fourth-order valence-corrected chi connectivity index (χ4v) is 4.22. The number of aryl methyl sites for hydroxylation is 1. The molecule has 1 atom stereocenters. The van der Waals surface area contributed by atoms with E-state index in [4.69, 9.17) is 9.47 Å². The first-order valence-electron chi connectivity index (χ1n) is 8.83. The molecule has 2 aromatic rings. The molecule has 0 N–H and O–H groups in total. The van der Waals surface area contributed by atoms with Crippen LogP contribution in [0, 0.1) is 6.92 Å². The van der Waals surface area contributed by atoms with Gasteiger partial charge in [0.2, 0.25) is 0 Å². The number of anilines is 1. The number of hydrogen-bond donors (Lipinski definition) is 0. The summed E-state index contributed by atoms with van der Waals surface area (Å²) in [6, 6.07) is 8.07. The molecule has 0 radical (unpaired) electrons. The van der Waals surface area contributed by atoms with Crippen LogP contribution in [0.25, 0.3) is 0 Å². The highest BCUT2D eigenvalue weighted by atomic mass is 32.1. The van der Waals surface area contributed by atoms with Crippen molar-refractivity contribution < 1.29 is 14.3 Å². The fourth-order valence-electron chi connectivity index (χ4n) is 3.58. The van der Waals surface area contributed by atoms with Gasteiger partial charge in [-0.3, -0.25) is 14.7 Å². The molecule has 2 aliphatic rings. The van der Waals surface area contributed by atoms with E-state index in [1.807, 2.05) is 46.8 Å². The Balaban J connectivity index is 1.52. The topological polar surface area (TPSA) is 54.9 Å². The number of ether oxygens (including phenoxy) is 2. The van der Waals surface area contributed by atoms with E-state index < -0.39 is 5.60 Å². The number of hydrogen-bond acceptors (Lipinski definition) is 6. The Bertz CT molecular complexity index is 767. The zero-order valence-corrected chi connectivity index (χ0v) is 15.7. The van der Waals surface area contributed by atoms with E-state index in [1.165, 1.54) is 0 Å². The summed E-state index contributed by atoms with van der Waals surface area (Å²) in [5.74, 6) is 0.00479. The maximum Gasteiger partial charge on any atom is 0.253 e. The molecule has 0 aromatic carbocycles. The molecule has 4 rings (SSSR count). The highest BCUT2D eigenvalue weighted by Gasteiger charge is 2.43. The number of rotatable bonds is 3. The van der Waals surface area contributed by atoms with E-state index in [0.717, 1.165) is 36.7 Å². The van der Waals surface area contributed by atoms with Crippen molar-refractivity contribution in [3.05, 3.63) is 46.4 Å². The summed E-state index contributed by atoms with van der Waals surface area (Å²) in [5.41, 5.74) is 2.50. The first-order valence-corrected chi connectivity index (χ1v) is 9.77. The van der Waals surface area contributed by atoms with E-state index >= 15 is 0 Å². The Morgan fingerprint density at radius 1 is 1.31 bits per heavy atom. The predicted octanol–water partition coefficient (Wildman–Crippen LogP) is 2.09. The van der Waals surface area contributed by atoms with Crippen LogP contribution in [-0.4, -0.2) is 60.8 Å². The summed E-state index contributed by atoms with van der Waals surface area (Å²) in [6.45, 7) is 6.06. The maximum atomic E-state index is 12.4. The van der Waals surface area contributed by atoms with Crippen molar-refractivity contribution in [3.63, 3.8) is 0 Å². The predicted molar refractivity (Wildman–Crippen MR) is 100 cm³/mol. The Morgan fingerprint density at radius 2 is 2.23 bits per heavy atom. The van der Waals surface area contributed by atoms with E-state index in [2.05, 4.69) is 9.88 Å². The van der Waals surface area contributed by atoms with Crippen LogP contribution < -0.4 is 4.90 Å². The number of thiophene rings is 1. The molecule has 138 valence electrons. The van der Waals surface area contributed by atoms with Crippen molar-refractivity contribution in [3.8, 4) is 0 Å². The lowest BCUT2D eigenvalue weighted by Crippen LogP contribution is -2.60. The Labute approximate surface area is 157 Å². The van der Waals surface area contributed by atoms with Gasteiger partial charge in [0.25, 0.3) is 5.91 Å². The van der Waals surface area contributed by atoms with Crippen LogP contribution in [0.4, 0.5) is 5.69 Å². The minimum absolute atomic E-state index is 0.00479. The number of carbonyl (C=O) groups excluding carboxylic acids is 1. The van der Waals surface area contributed by atoms with E-state index in [0.29, 0.717) is 19.8 Å². The lowest BCUT2D eigenvalue weighted by Gasteiger charge is -2.42. The second-order valence-electron chi connectivity index (χ2n) is 6.97.